The van der Waals surface area contributed by atoms with E-state index < -0.39 is 0 Å². The first kappa shape index (κ1) is 9.28. The van der Waals surface area contributed by atoms with E-state index in [1.165, 1.54) is 10.9 Å². The smallest absolute Gasteiger partial charge is 0.223 e. The monoisotopic (exact) mass is 227 g/mol. The zero-order chi connectivity index (χ0) is 11.4. The first-order chi connectivity index (χ1) is 8.34. The molecule has 1 unspecified atom stereocenters. The van der Waals surface area contributed by atoms with E-state index in [1.807, 2.05) is 23.1 Å². The van der Waals surface area contributed by atoms with E-state index >= 15 is 0 Å². The van der Waals surface area contributed by atoms with E-state index in [1.54, 1.807) is 0 Å². The summed E-state index contributed by atoms with van der Waals surface area (Å²) < 4.78 is 5.90. The summed E-state index contributed by atoms with van der Waals surface area (Å²) in [6.07, 6.45) is 2.48. The van der Waals surface area contributed by atoms with Crippen molar-refractivity contribution in [3.8, 4) is 0 Å². The van der Waals surface area contributed by atoms with Crippen molar-refractivity contribution in [3.05, 3.63) is 35.6 Å². The van der Waals surface area contributed by atoms with Crippen LogP contribution in [0.15, 0.2) is 28.7 Å². The van der Waals surface area contributed by atoms with Gasteiger partial charge in [0.05, 0.1) is 6.04 Å². The van der Waals surface area contributed by atoms with Gasteiger partial charge in [-0.15, -0.1) is 0 Å². The second kappa shape index (κ2) is 3.13. The second-order valence-electron chi connectivity index (χ2n) is 4.83. The number of fused-ring (bicyclic) bond motifs is 5. The predicted molar refractivity (Wildman–Crippen MR) is 63.6 cm³/mol. The molecule has 2 aromatic rings. The number of hydrogen-bond donors (Lipinski definition) is 0. The topological polar surface area (TPSA) is 33.5 Å². The molecule has 0 aliphatic carbocycles. The van der Waals surface area contributed by atoms with Gasteiger partial charge in [0.15, 0.2) is 0 Å². The number of carbonyl (C=O) groups is 1. The van der Waals surface area contributed by atoms with Gasteiger partial charge < -0.3 is 9.32 Å². The molecular formula is C14H13NO2. The van der Waals surface area contributed by atoms with Gasteiger partial charge in [0.25, 0.3) is 0 Å². The van der Waals surface area contributed by atoms with Crippen LogP contribution < -0.4 is 0 Å². The van der Waals surface area contributed by atoms with Crippen LogP contribution in [0, 0.1) is 0 Å². The van der Waals surface area contributed by atoms with Crippen LogP contribution in [0.4, 0.5) is 0 Å². The zero-order valence-electron chi connectivity index (χ0n) is 9.48. The number of benzene rings is 1. The lowest BCUT2D eigenvalue weighted by Crippen LogP contribution is -2.33. The first-order valence-corrected chi connectivity index (χ1v) is 6.14. The van der Waals surface area contributed by atoms with E-state index in [-0.39, 0.29) is 6.04 Å². The van der Waals surface area contributed by atoms with Crippen LogP contribution in [-0.2, 0) is 11.2 Å². The van der Waals surface area contributed by atoms with Crippen molar-refractivity contribution < 1.29 is 9.21 Å². The third-order valence-electron chi connectivity index (χ3n) is 3.95. The van der Waals surface area contributed by atoms with Gasteiger partial charge in [-0.1, -0.05) is 18.2 Å². The molecule has 0 spiro atoms. The minimum atomic E-state index is 0.259. The highest BCUT2D eigenvalue weighted by Crippen LogP contribution is 2.43. The van der Waals surface area contributed by atoms with Crippen LogP contribution in [0.25, 0.3) is 11.0 Å². The maximum absolute atomic E-state index is 11.8. The van der Waals surface area contributed by atoms with Gasteiger partial charge in [0.2, 0.25) is 5.91 Å². The predicted octanol–water partition coefficient (Wildman–Crippen LogP) is 2.65. The Hall–Kier alpha value is -1.77. The number of hydrogen-bond acceptors (Lipinski definition) is 2. The highest BCUT2D eigenvalue weighted by atomic mass is 16.3. The van der Waals surface area contributed by atoms with Crippen LogP contribution >= 0.6 is 0 Å². The van der Waals surface area contributed by atoms with Gasteiger partial charge in [-0.05, 0) is 12.5 Å². The van der Waals surface area contributed by atoms with Crippen LogP contribution in [0.5, 0.6) is 0 Å². The lowest BCUT2D eigenvalue weighted by atomic mass is 9.96. The summed E-state index contributed by atoms with van der Waals surface area (Å²) in [4.78, 5) is 13.8. The van der Waals surface area contributed by atoms with E-state index in [0.29, 0.717) is 12.3 Å². The van der Waals surface area contributed by atoms with Crippen molar-refractivity contribution in [3.63, 3.8) is 0 Å². The van der Waals surface area contributed by atoms with Crippen molar-refractivity contribution >= 4 is 16.9 Å². The molecule has 17 heavy (non-hydrogen) atoms. The van der Waals surface area contributed by atoms with Gasteiger partial charge in [0, 0.05) is 30.3 Å². The lowest BCUT2D eigenvalue weighted by molar-refractivity contribution is -0.129. The molecule has 0 saturated carbocycles. The molecule has 3 heteroatoms. The molecule has 3 nitrogen and oxygen atoms in total. The summed E-state index contributed by atoms with van der Waals surface area (Å²) in [6.45, 7) is 0.816. The molecule has 1 atom stereocenters. The zero-order valence-corrected chi connectivity index (χ0v) is 9.48. The van der Waals surface area contributed by atoms with Crippen LogP contribution in [0.2, 0.25) is 0 Å². The first-order valence-electron chi connectivity index (χ1n) is 6.14. The average molecular weight is 227 g/mol. The minimum Gasteiger partial charge on any atom is -0.461 e. The largest absolute Gasteiger partial charge is 0.461 e. The molecule has 1 amide bonds. The van der Waals surface area contributed by atoms with Crippen LogP contribution in [0.3, 0.4) is 0 Å². The molecule has 1 saturated heterocycles. The highest BCUT2D eigenvalue weighted by molar-refractivity contribution is 5.86. The summed E-state index contributed by atoms with van der Waals surface area (Å²) in [5, 5.41) is 1.19. The standard InChI is InChI=1S/C14H13NO2/c16-13-6-5-10-14-9-3-1-2-4-11(9)17-12(14)7-8-15(10)13/h1-4,10H,5-8H2. The third kappa shape index (κ3) is 1.14. The summed E-state index contributed by atoms with van der Waals surface area (Å²) in [5.41, 5.74) is 2.22. The molecule has 1 aromatic carbocycles. The van der Waals surface area contributed by atoms with Gasteiger partial charge in [-0.25, -0.2) is 0 Å². The molecule has 4 rings (SSSR count). The van der Waals surface area contributed by atoms with E-state index in [0.717, 1.165) is 30.7 Å². The Kier molecular flexibility index (Phi) is 1.71. The Balaban J connectivity index is 1.97. The fourth-order valence-corrected chi connectivity index (χ4v) is 3.20. The van der Waals surface area contributed by atoms with Gasteiger partial charge >= 0.3 is 0 Å². The number of furan rings is 1. The van der Waals surface area contributed by atoms with E-state index in [9.17, 15) is 4.79 Å². The molecule has 2 aliphatic rings. The third-order valence-corrected chi connectivity index (χ3v) is 3.95. The number of para-hydroxylation sites is 1. The molecule has 0 N–H and O–H groups in total. The number of rotatable bonds is 0. The number of amides is 1. The average Bonchev–Trinajstić information content (AvgIpc) is 2.90. The van der Waals surface area contributed by atoms with Gasteiger partial charge in [0.1, 0.15) is 11.3 Å². The number of nitrogens with zero attached hydrogens (tertiary/aromatic N) is 1. The fraction of sp³-hybridized carbons (Fsp3) is 0.357. The Bertz CT molecular complexity index is 614. The summed E-state index contributed by atoms with van der Waals surface area (Å²) in [5.74, 6) is 1.38. The van der Waals surface area contributed by atoms with Crippen molar-refractivity contribution in [2.24, 2.45) is 0 Å². The van der Waals surface area contributed by atoms with E-state index in [2.05, 4.69) is 6.07 Å². The minimum absolute atomic E-state index is 0.259. The maximum Gasteiger partial charge on any atom is 0.223 e. The fourth-order valence-electron chi connectivity index (χ4n) is 3.20. The lowest BCUT2D eigenvalue weighted by Gasteiger charge is -2.29. The van der Waals surface area contributed by atoms with Crippen molar-refractivity contribution in [2.75, 3.05) is 6.54 Å². The van der Waals surface area contributed by atoms with Crippen molar-refractivity contribution in [1.82, 2.24) is 4.90 Å². The van der Waals surface area contributed by atoms with Gasteiger partial charge in [-0.3, -0.25) is 4.79 Å². The molecule has 1 aromatic heterocycles. The van der Waals surface area contributed by atoms with Crippen LogP contribution in [0.1, 0.15) is 30.2 Å². The molecular weight excluding hydrogens is 214 g/mol. The van der Waals surface area contributed by atoms with Crippen molar-refractivity contribution in [1.29, 1.82) is 0 Å². The summed E-state index contributed by atoms with van der Waals surface area (Å²) >= 11 is 0. The quantitative estimate of drug-likeness (QED) is 0.693. The highest BCUT2D eigenvalue weighted by Gasteiger charge is 2.38. The molecule has 1 fully saturated rings. The molecule has 2 aliphatic heterocycles. The maximum atomic E-state index is 11.8. The second-order valence-corrected chi connectivity index (χ2v) is 4.83. The normalized spacial score (nSPS) is 22.9. The summed E-state index contributed by atoms with van der Waals surface area (Å²) in [7, 11) is 0. The Morgan fingerprint density at radius 2 is 2.12 bits per heavy atom. The molecule has 86 valence electrons. The Labute approximate surface area is 99.0 Å². The molecule has 0 bridgehead atoms. The van der Waals surface area contributed by atoms with E-state index in [4.69, 9.17) is 4.42 Å². The number of carbonyl (C=O) groups excluding carboxylic acids is 1. The van der Waals surface area contributed by atoms with Crippen molar-refractivity contribution in [2.45, 2.75) is 25.3 Å². The summed E-state index contributed by atoms with van der Waals surface area (Å²) in [6, 6.07) is 8.40. The van der Waals surface area contributed by atoms with Gasteiger partial charge in [-0.2, -0.15) is 0 Å². The molecule has 3 heterocycles. The Morgan fingerprint density at radius 3 is 3.06 bits per heavy atom. The van der Waals surface area contributed by atoms with Crippen LogP contribution in [-0.4, -0.2) is 17.4 Å². The molecule has 0 radical (unpaired) electrons. The Morgan fingerprint density at radius 1 is 1.24 bits per heavy atom. The SMILES string of the molecule is O=C1CCC2c3c(oc4ccccc34)CCN12.